The lowest BCUT2D eigenvalue weighted by molar-refractivity contribution is 0.0398. The number of nitrogens with zero attached hydrogens (tertiary/aromatic N) is 3. The van der Waals surface area contributed by atoms with Crippen molar-refractivity contribution in [3.63, 3.8) is 0 Å². The number of hydrogen-bond donors (Lipinski definition) is 2. The summed E-state index contributed by atoms with van der Waals surface area (Å²) in [6, 6.07) is 20.3. The van der Waals surface area contributed by atoms with E-state index in [4.69, 9.17) is 14.7 Å². The zero-order chi connectivity index (χ0) is 19.9. The normalized spacial score (nSPS) is 14.5. The molecule has 150 valence electrons. The molecule has 1 fully saturated rings. The number of morpholine rings is 1. The third-order valence-corrected chi connectivity index (χ3v) is 4.92. The van der Waals surface area contributed by atoms with Gasteiger partial charge in [-0.15, -0.1) is 0 Å². The van der Waals surface area contributed by atoms with E-state index in [1.54, 1.807) is 0 Å². The Kier molecular flexibility index (Phi) is 6.34. The summed E-state index contributed by atoms with van der Waals surface area (Å²) in [7, 11) is 0. The van der Waals surface area contributed by atoms with Gasteiger partial charge < -0.3 is 15.4 Å². The van der Waals surface area contributed by atoms with Gasteiger partial charge in [0.15, 0.2) is 5.82 Å². The van der Waals surface area contributed by atoms with Crippen molar-refractivity contribution in [3.05, 3.63) is 66.2 Å². The summed E-state index contributed by atoms with van der Waals surface area (Å²) in [5.74, 6) is 2.30. The number of ether oxygens (including phenoxy) is 1. The van der Waals surface area contributed by atoms with Crippen molar-refractivity contribution in [2.24, 2.45) is 0 Å². The average Bonchev–Trinajstić information content (AvgIpc) is 2.77. The SMILES string of the molecule is Cc1ccc(Nc2cc(NCCN3CCOCC3)nc(-c3ccccc3)n2)cc1. The van der Waals surface area contributed by atoms with E-state index in [1.165, 1.54) is 5.56 Å². The molecule has 1 aliphatic rings. The quantitative estimate of drug-likeness (QED) is 0.638. The van der Waals surface area contributed by atoms with E-state index in [9.17, 15) is 0 Å². The molecule has 0 amide bonds. The molecule has 0 saturated carbocycles. The maximum Gasteiger partial charge on any atom is 0.163 e. The predicted molar refractivity (Wildman–Crippen MR) is 118 cm³/mol. The fraction of sp³-hybridized carbons (Fsp3) is 0.304. The average molecular weight is 390 g/mol. The molecule has 3 aromatic rings. The lowest BCUT2D eigenvalue weighted by Crippen LogP contribution is -2.39. The summed E-state index contributed by atoms with van der Waals surface area (Å²) in [4.78, 5) is 11.9. The lowest BCUT2D eigenvalue weighted by Gasteiger charge is -2.26. The van der Waals surface area contributed by atoms with Crippen LogP contribution in [0.4, 0.5) is 17.3 Å². The molecule has 1 aliphatic heterocycles. The number of aryl methyl sites for hydroxylation is 1. The van der Waals surface area contributed by atoms with Crippen LogP contribution in [0.5, 0.6) is 0 Å². The van der Waals surface area contributed by atoms with Crippen LogP contribution in [0.25, 0.3) is 11.4 Å². The first-order valence-corrected chi connectivity index (χ1v) is 10.1. The molecule has 29 heavy (non-hydrogen) atoms. The van der Waals surface area contributed by atoms with Gasteiger partial charge in [-0.3, -0.25) is 4.90 Å². The van der Waals surface area contributed by atoms with E-state index in [1.807, 2.05) is 36.4 Å². The molecule has 0 aliphatic carbocycles. The second kappa shape index (κ2) is 9.49. The van der Waals surface area contributed by atoms with Crippen LogP contribution in [0.1, 0.15) is 5.56 Å². The van der Waals surface area contributed by atoms with Crippen molar-refractivity contribution in [3.8, 4) is 11.4 Å². The number of aromatic nitrogens is 2. The third kappa shape index (κ3) is 5.53. The topological polar surface area (TPSA) is 62.3 Å². The standard InChI is InChI=1S/C23H27N5O/c1-18-7-9-20(10-8-18)25-22-17-21(24-11-12-28-13-15-29-16-14-28)26-23(27-22)19-5-3-2-4-6-19/h2-10,17H,11-16H2,1H3,(H2,24,25,26,27). The number of benzene rings is 2. The molecule has 2 heterocycles. The molecular formula is C23H27N5O. The van der Waals surface area contributed by atoms with E-state index >= 15 is 0 Å². The molecule has 2 N–H and O–H groups in total. The monoisotopic (exact) mass is 389 g/mol. The van der Waals surface area contributed by atoms with Gasteiger partial charge in [-0.05, 0) is 19.1 Å². The molecule has 0 atom stereocenters. The Labute approximate surface area is 172 Å². The van der Waals surface area contributed by atoms with E-state index in [0.717, 1.165) is 62.3 Å². The minimum atomic E-state index is 0.705. The van der Waals surface area contributed by atoms with Crippen LogP contribution in [-0.2, 0) is 4.74 Å². The van der Waals surface area contributed by atoms with Gasteiger partial charge in [0, 0.05) is 43.5 Å². The minimum Gasteiger partial charge on any atom is -0.379 e. The fourth-order valence-corrected chi connectivity index (χ4v) is 3.27. The van der Waals surface area contributed by atoms with Gasteiger partial charge in [0.05, 0.1) is 13.2 Å². The zero-order valence-electron chi connectivity index (χ0n) is 16.8. The number of anilines is 3. The molecule has 4 rings (SSSR count). The molecule has 6 heteroatoms. The smallest absolute Gasteiger partial charge is 0.163 e. The maximum absolute atomic E-state index is 5.42. The summed E-state index contributed by atoms with van der Waals surface area (Å²) in [5.41, 5.74) is 3.23. The summed E-state index contributed by atoms with van der Waals surface area (Å²) in [5, 5.41) is 6.87. The van der Waals surface area contributed by atoms with Gasteiger partial charge in [0.2, 0.25) is 0 Å². The van der Waals surface area contributed by atoms with Crippen LogP contribution in [-0.4, -0.2) is 54.3 Å². The van der Waals surface area contributed by atoms with Crippen molar-refractivity contribution in [1.82, 2.24) is 14.9 Å². The van der Waals surface area contributed by atoms with Crippen LogP contribution in [0.2, 0.25) is 0 Å². The maximum atomic E-state index is 5.42. The van der Waals surface area contributed by atoms with Crippen molar-refractivity contribution in [2.45, 2.75) is 6.92 Å². The van der Waals surface area contributed by atoms with Crippen LogP contribution in [0, 0.1) is 6.92 Å². The fourth-order valence-electron chi connectivity index (χ4n) is 3.27. The Balaban J connectivity index is 1.51. The first-order valence-electron chi connectivity index (χ1n) is 10.1. The highest BCUT2D eigenvalue weighted by molar-refractivity contribution is 5.65. The van der Waals surface area contributed by atoms with E-state index in [-0.39, 0.29) is 0 Å². The van der Waals surface area contributed by atoms with Gasteiger partial charge in [-0.2, -0.15) is 0 Å². The Morgan fingerprint density at radius 1 is 0.931 bits per heavy atom. The molecule has 0 radical (unpaired) electrons. The first kappa shape index (κ1) is 19.4. The van der Waals surface area contributed by atoms with E-state index in [2.05, 4.69) is 46.7 Å². The first-order chi connectivity index (χ1) is 14.3. The van der Waals surface area contributed by atoms with Crippen LogP contribution >= 0.6 is 0 Å². The van der Waals surface area contributed by atoms with Gasteiger partial charge in [-0.1, -0.05) is 48.0 Å². The summed E-state index contributed by atoms with van der Waals surface area (Å²) in [6.07, 6.45) is 0. The molecule has 1 saturated heterocycles. The van der Waals surface area contributed by atoms with Crippen LogP contribution < -0.4 is 10.6 Å². The Bertz CT molecular complexity index is 908. The minimum absolute atomic E-state index is 0.705. The Hall–Kier alpha value is -2.96. The Morgan fingerprint density at radius 3 is 2.41 bits per heavy atom. The molecule has 0 bridgehead atoms. The van der Waals surface area contributed by atoms with Gasteiger partial charge in [0.1, 0.15) is 11.6 Å². The highest BCUT2D eigenvalue weighted by Gasteiger charge is 2.11. The Morgan fingerprint density at radius 2 is 1.66 bits per heavy atom. The van der Waals surface area contributed by atoms with E-state index in [0.29, 0.717) is 5.82 Å². The molecular weight excluding hydrogens is 362 g/mol. The van der Waals surface area contributed by atoms with Crippen molar-refractivity contribution in [2.75, 3.05) is 50.0 Å². The van der Waals surface area contributed by atoms with Gasteiger partial charge in [-0.25, -0.2) is 9.97 Å². The summed E-state index contributed by atoms with van der Waals surface area (Å²) < 4.78 is 5.42. The molecule has 0 spiro atoms. The van der Waals surface area contributed by atoms with Crippen LogP contribution in [0.15, 0.2) is 60.7 Å². The molecule has 1 aromatic heterocycles. The zero-order valence-corrected chi connectivity index (χ0v) is 16.8. The number of rotatable bonds is 7. The van der Waals surface area contributed by atoms with Gasteiger partial charge >= 0.3 is 0 Å². The third-order valence-electron chi connectivity index (χ3n) is 4.92. The van der Waals surface area contributed by atoms with E-state index < -0.39 is 0 Å². The predicted octanol–water partition coefficient (Wildman–Crippen LogP) is 3.94. The summed E-state index contributed by atoms with van der Waals surface area (Å²) >= 11 is 0. The number of nitrogens with one attached hydrogen (secondary N) is 2. The van der Waals surface area contributed by atoms with Crippen molar-refractivity contribution >= 4 is 17.3 Å². The van der Waals surface area contributed by atoms with Crippen molar-refractivity contribution in [1.29, 1.82) is 0 Å². The molecule has 6 nitrogen and oxygen atoms in total. The molecule has 0 unspecified atom stereocenters. The van der Waals surface area contributed by atoms with Gasteiger partial charge in [0.25, 0.3) is 0 Å². The summed E-state index contributed by atoms with van der Waals surface area (Å²) in [6.45, 7) is 7.48. The van der Waals surface area contributed by atoms with Crippen molar-refractivity contribution < 1.29 is 4.74 Å². The highest BCUT2D eigenvalue weighted by atomic mass is 16.5. The second-order valence-corrected chi connectivity index (χ2v) is 7.20. The largest absolute Gasteiger partial charge is 0.379 e. The molecule has 2 aromatic carbocycles. The second-order valence-electron chi connectivity index (χ2n) is 7.20. The lowest BCUT2D eigenvalue weighted by atomic mass is 10.2. The highest BCUT2D eigenvalue weighted by Crippen LogP contribution is 2.23. The van der Waals surface area contributed by atoms with Crippen LogP contribution in [0.3, 0.4) is 0 Å². The number of hydrogen-bond acceptors (Lipinski definition) is 6.